The lowest BCUT2D eigenvalue weighted by Crippen LogP contribution is -2.60. The number of H-pyrrole nitrogens is 1. The number of carboxylic acid groups (broad SMARTS) is 1. The number of rotatable bonds is 9. The summed E-state index contributed by atoms with van der Waals surface area (Å²) in [6, 6.07) is 0.910. The Morgan fingerprint density at radius 2 is 1.62 bits per heavy atom. The number of hydrogen-bond donors (Lipinski definition) is 9. The van der Waals surface area contributed by atoms with Gasteiger partial charge >= 0.3 is 27.3 Å². The molecular weight excluding hydrogens is 558 g/mol. The number of phosphoric acid groups is 2. The van der Waals surface area contributed by atoms with Crippen molar-refractivity contribution in [2.45, 2.75) is 55.2 Å². The van der Waals surface area contributed by atoms with Gasteiger partial charge in [0.15, 0.2) is 18.6 Å². The van der Waals surface area contributed by atoms with E-state index >= 15 is 0 Å². The molecular formula is C15H22N2O18P2. The number of nitrogens with zero attached hydrogens (tertiary/aromatic N) is 1. The molecule has 3 rings (SSSR count). The Bertz CT molecular complexity index is 1200. The number of ether oxygens (including phenoxy) is 2. The van der Waals surface area contributed by atoms with E-state index in [1.807, 2.05) is 4.98 Å². The van der Waals surface area contributed by atoms with Gasteiger partial charge in [0.2, 0.25) is 0 Å². The maximum absolute atomic E-state index is 12.2. The third kappa shape index (κ3) is 6.77. The topological polar surface area (TPSA) is 314 Å². The van der Waals surface area contributed by atoms with Crippen LogP contribution in [0, 0.1) is 0 Å². The van der Waals surface area contributed by atoms with E-state index in [1.54, 1.807) is 0 Å². The zero-order valence-electron chi connectivity index (χ0n) is 18.1. The van der Waals surface area contributed by atoms with Crippen LogP contribution >= 0.6 is 15.6 Å². The van der Waals surface area contributed by atoms with Gasteiger partial charge in [0, 0.05) is 12.3 Å². The Labute approximate surface area is 204 Å². The summed E-state index contributed by atoms with van der Waals surface area (Å²) in [4.78, 5) is 55.5. The standard InChI is InChI=1S/C15H22N2O18P2/c18-5-1-2-17(15(26)16-5)12-9(22)6(19)4(32-12)3-31-36(27,28)35-37(29,30)34-14-10(23)7(20)8(21)11(33-14)13(24)25/h1-2,4,6-12,14,19-23H,3H2,(H,24,25)(H,27,28)(H,29,30)(H,16,18,26)/t4-,6+,7+,8-,9?,10-,11+,12-,14-/m1/s1. The number of aromatic nitrogens is 2. The van der Waals surface area contributed by atoms with Crippen molar-refractivity contribution in [3.05, 3.63) is 33.1 Å². The van der Waals surface area contributed by atoms with Crippen molar-refractivity contribution in [3.63, 3.8) is 0 Å². The fourth-order valence-corrected chi connectivity index (χ4v) is 5.49. The van der Waals surface area contributed by atoms with Crippen LogP contribution in [0.3, 0.4) is 0 Å². The quantitative estimate of drug-likeness (QED) is 0.124. The predicted octanol–water partition coefficient (Wildman–Crippen LogP) is -4.70. The molecule has 0 amide bonds. The highest BCUT2D eigenvalue weighted by Gasteiger charge is 2.51. The van der Waals surface area contributed by atoms with Crippen LogP contribution in [0.4, 0.5) is 0 Å². The van der Waals surface area contributed by atoms with Crippen LogP contribution in [-0.4, -0.2) is 112 Å². The molecule has 9 N–H and O–H groups in total. The van der Waals surface area contributed by atoms with E-state index in [9.17, 15) is 58.8 Å². The van der Waals surface area contributed by atoms with Gasteiger partial charge in [-0.05, 0) is 0 Å². The van der Waals surface area contributed by atoms with Crippen LogP contribution in [0.25, 0.3) is 0 Å². The highest BCUT2D eigenvalue weighted by atomic mass is 31.3. The second-order valence-corrected chi connectivity index (χ2v) is 10.7. The normalized spacial score (nSPS) is 37.5. The summed E-state index contributed by atoms with van der Waals surface area (Å²) in [5.41, 5.74) is -1.78. The number of hydrogen-bond acceptors (Lipinski definition) is 15. The van der Waals surface area contributed by atoms with Crippen LogP contribution < -0.4 is 11.2 Å². The molecule has 1 aromatic rings. The van der Waals surface area contributed by atoms with Crippen molar-refractivity contribution in [1.82, 2.24) is 9.55 Å². The van der Waals surface area contributed by atoms with Gasteiger partial charge in [-0.25, -0.2) is 18.7 Å². The molecule has 3 heterocycles. The highest BCUT2D eigenvalue weighted by Crippen LogP contribution is 2.61. The first kappa shape index (κ1) is 29.7. The van der Waals surface area contributed by atoms with Crippen LogP contribution in [0.5, 0.6) is 0 Å². The lowest BCUT2D eigenvalue weighted by molar-refractivity contribution is -0.274. The lowest BCUT2D eigenvalue weighted by Gasteiger charge is -2.38. The van der Waals surface area contributed by atoms with Gasteiger partial charge in [-0.3, -0.25) is 23.4 Å². The monoisotopic (exact) mass is 580 g/mol. The fourth-order valence-electron chi connectivity index (χ4n) is 3.34. The molecule has 37 heavy (non-hydrogen) atoms. The van der Waals surface area contributed by atoms with Crippen LogP contribution in [0.2, 0.25) is 0 Å². The second-order valence-electron chi connectivity index (χ2n) is 7.72. The molecule has 0 saturated carbocycles. The van der Waals surface area contributed by atoms with Crippen molar-refractivity contribution >= 4 is 21.6 Å². The summed E-state index contributed by atoms with van der Waals surface area (Å²) >= 11 is 0. The molecule has 22 heteroatoms. The van der Waals surface area contributed by atoms with E-state index in [0.29, 0.717) is 4.57 Å². The van der Waals surface area contributed by atoms with E-state index < -0.39 is 94.7 Å². The molecule has 0 bridgehead atoms. The maximum atomic E-state index is 12.2. The Morgan fingerprint density at radius 3 is 2.22 bits per heavy atom. The Kier molecular flexibility index (Phi) is 8.89. The number of carboxylic acids is 1. The third-order valence-corrected chi connectivity index (χ3v) is 7.72. The van der Waals surface area contributed by atoms with E-state index in [-0.39, 0.29) is 0 Å². The number of aromatic amines is 1. The Balaban J connectivity index is 1.63. The average molecular weight is 580 g/mol. The summed E-state index contributed by atoms with van der Waals surface area (Å²) < 4.78 is 47.6. The number of nitrogens with one attached hydrogen (secondary N) is 1. The van der Waals surface area contributed by atoms with Gasteiger partial charge in [-0.15, -0.1) is 0 Å². The number of aliphatic carboxylic acids is 1. The largest absolute Gasteiger partial charge is 0.483 e. The number of carbonyl (C=O) groups is 1. The molecule has 20 nitrogen and oxygen atoms in total. The van der Waals surface area contributed by atoms with Crippen LogP contribution in [0.15, 0.2) is 21.9 Å². The van der Waals surface area contributed by atoms with E-state index in [2.05, 4.69) is 18.1 Å². The Hall–Kier alpha value is -1.87. The minimum Gasteiger partial charge on any atom is -0.479 e. The molecule has 0 aromatic carbocycles. The Morgan fingerprint density at radius 1 is 0.973 bits per heavy atom. The SMILES string of the molecule is O=C(O)[C@H]1O[C@H](OP(=O)(O)OP(=O)(O)OC[C@H]2O[C@@H](n3ccc(=O)[nH]c3=O)C(O)[C@H]2O)[C@H](O)[C@@H](O)[C@H]1O. The van der Waals surface area contributed by atoms with Crippen molar-refractivity contribution in [1.29, 1.82) is 0 Å². The molecule has 2 aliphatic rings. The van der Waals surface area contributed by atoms with Crippen molar-refractivity contribution < 1.29 is 77.2 Å². The van der Waals surface area contributed by atoms with E-state index in [4.69, 9.17) is 9.84 Å². The molecule has 0 radical (unpaired) electrons. The summed E-state index contributed by atoms with van der Waals surface area (Å²) in [5, 5.41) is 58.3. The second kappa shape index (κ2) is 11.1. The highest BCUT2D eigenvalue weighted by molar-refractivity contribution is 7.61. The van der Waals surface area contributed by atoms with Crippen molar-refractivity contribution in [2.24, 2.45) is 0 Å². The lowest BCUT2D eigenvalue weighted by atomic mass is 9.99. The summed E-state index contributed by atoms with van der Waals surface area (Å²) in [6.07, 6.45) is -17.2. The van der Waals surface area contributed by atoms with Gasteiger partial charge in [0.05, 0.1) is 6.61 Å². The van der Waals surface area contributed by atoms with E-state index in [1.165, 1.54) is 0 Å². The van der Waals surface area contributed by atoms with E-state index in [0.717, 1.165) is 12.3 Å². The first-order valence-electron chi connectivity index (χ1n) is 9.98. The zero-order chi connectivity index (χ0) is 27.9. The molecule has 3 unspecified atom stereocenters. The van der Waals surface area contributed by atoms with Gasteiger partial charge in [-0.2, -0.15) is 4.31 Å². The summed E-state index contributed by atoms with van der Waals surface area (Å²) in [7, 11) is -11.3. The van der Waals surface area contributed by atoms with Gasteiger partial charge in [-0.1, -0.05) is 0 Å². The molecule has 1 aromatic heterocycles. The third-order valence-electron chi connectivity index (χ3n) is 5.12. The molecule has 2 saturated heterocycles. The van der Waals surface area contributed by atoms with Gasteiger partial charge < -0.3 is 49.9 Å². The number of phosphoric ester groups is 2. The van der Waals surface area contributed by atoms with Crippen LogP contribution in [0.1, 0.15) is 6.23 Å². The first-order valence-corrected chi connectivity index (χ1v) is 13.0. The average Bonchev–Trinajstić information content (AvgIpc) is 3.05. The summed E-state index contributed by atoms with van der Waals surface area (Å²) in [5.74, 6) is -1.85. The van der Waals surface area contributed by atoms with Gasteiger partial charge in [0.1, 0.15) is 36.6 Å². The number of aliphatic hydroxyl groups excluding tert-OH is 5. The maximum Gasteiger partial charge on any atom is 0.483 e. The minimum absolute atomic E-state index is 0.700. The molecule has 0 aliphatic carbocycles. The van der Waals surface area contributed by atoms with Crippen LogP contribution in [-0.2, 0) is 36.8 Å². The van der Waals surface area contributed by atoms with Crippen molar-refractivity contribution in [3.8, 4) is 0 Å². The molecule has 2 fully saturated rings. The molecule has 0 spiro atoms. The zero-order valence-corrected chi connectivity index (χ0v) is 19.8. The summed E-state index contributed by atoms with van der Waals surface area (Å²) in [6.45, 7) is -1.07. The van der Waals surface area contributed by atoms with Crippen molar-refractivity contribution in [2.75, 3.05) is 6.61 Å². The smallest absolute Gasteiger partial charge is 0.479 e. The first-order chi connectivity index (χ1) is 17.0. The fraction of sp³-hybridized carbons (Fsp3) is 0.667. The predicted molar refractivity (Wildman–Crippen MR) is 109 cm³/mol. The number of aliphatic hydroxyl groups is 5. The van der Waals surface area contributed by atoms with Gasteiger partial charge in [0.25, 0.3) is 5.56 Å². The molecule has 2 aliphatic heterocycles. The molecule has 210 valence electrons. The minimum atomic E-state index is -5.72. The molecule has 11 atom stereocenters.